The Bertz CT molecular complexity index is 566. The highest BCUT2D eigenvalue weighted by molar-refractivity contribution is 5.92. The van der Waals surface area contributed by atoms with Crippen LogP contribution in [-0.4, -0.2) is 24.4 Å². The van der Waals surface area contributed by atoms with Crippen LogP contribution >= 0.6 is 0 Å². The molecule has 0 bridgehead atoms. The molecule has 4 nitrogen and oxygen atoms in total. The number of benzene rings is 2. The molecule has 2 aromatic carbocycles. The van der Waals surface area contributed by atoms with Crippen LogP contribution in [0.15, 0.2) is 54.6 Å². The second kappa shape index (κ2) is 7.57. The molecule has 2 aromatic rings. The van der Waals surface area contributed by atoms with Crippen LogP contribution in [-0.2, 0) is 17.9 Å². The van der Waals surface area contributed by atoms with Gasteiger partial charge in [-0.3, -0.25) is 9.69 Å². The second-order valence-electron chi connectivity index (χ2n) is 5.11. The van der Waals surface area contributed by atoms with Crippen molar-refractivity contribution in [1.29, 1.82) is 0 Å². The molecule has 110 valence electrons. The Balaban J connectivity index is 1.83. The minimum absolute atomic E-state index is 0.0195. The molecule has 0 aliphatic carbocycles. The Kier molecular flexibility index (Phi) is 5.49. The molecule has 0 atom stereocenters. The van der Waals surface area contributed by atoms with Gasteiger partial charge in [-0.15, -0.1) is 0 Å². The topological polar surface area (TPSA) is 58.4 Å². The molecule has 1 amide bonds. The molecular weight excluding hydrogens is 262 g/mol. The monoisotopic (exact) mass is 283 g/mol. The number of carbonyl (C=O) groups is 1. The van der Waals surface area contributed by atoms with Crippen molar-refractivity contribution in [3.8, 4) is 0 Å². The Labute approximate surface area is 125 Å². The predicted octanol–water partition coefficient (Wildman–Crippen LogP) is 2.22. The lowest BCUT2D eigenvalue weighted by atomic mass is 10.2. The quantitative estimate of drug-likeness (QED) is 0.854. The van der Waals surface area contributed by atoms with Gasteiger partial charge in [-0.25, -0.2) is 0 Å². The van der Waals surface area contributed by atoms with E-state index >= 15 is 0 Å². The van der Waals surface area contributed by atoms with Crippen molar-refractivity contribution >= 4 is 11.6 Å². The molecular formula is C17H21N3O. The standard InChI is InChI=1S/C17H21N3O/c1-20(12-15-5-3-2-4-6-15)13-17(21)19-16-9-7-14(11-18)8-10-16/h2-10H,11-13,18H2,1H3,(H,19,21). The van der Waals surface area contributed by atoms with E-state index in [1.807, 2.05) is 54.4 Å². The molecule has 0 aliphatic heterocycles. The fraction of sp³-hybridized carbons (Fsp3) is 0.235. The summed E-state index contributed by atoms with van der Waals surface area (Å²) in [7, 11) is 1.93. The van der Waals surface area contributed by atoms with Gasteiger partial charge in [0.05, 0.1) is 6.54 Å². The summed E-state index contributed by atoms with van der Waals surface area (Å²) in [5.74, 6) is -0.0195. The molecule has 0 aliphatic rings. The minimum atomic E-state index is -0.0195. The highest BCUT2D eigenvalue weighted by Crippen LogP contribution is 2.09. The fourth-order valence-electron chi connectivity index (χ4n) is 2.12. The smallest absolute Gasteiger partial charge is 0.238 e. The molecule has 3 N–H and O–H groups in total. The third-order valence-electron chi connectivity index (χ3n) is 3.18. The molecule has 0 radical (unpaired) electrons. The number of hydrogen-bond acceptors (Lipinski definition) is 3. The number of nitrogens with zero attached hydrogens (tertiary/aromatic N) is 1. The van der Waals surface area contributed by atoms with Gasteiger partial charge in [0.1, 0.15) is 0 Å². The zero-order chi connectivity index (χ0) is 15.1. The number of nitrogens with one attached hydrogen (secondary N) is 1. The molecule has 0 fully saturated rings. The first-order valence-corrected chi connectivity index (χ1v) is 6.98. The SMILES string of the molecule is CN(CC(=O)Nc1ccc(CN)cc1)Cc1ccccc1. The van der Waals surface area contributed by atoms with Crippen LogP contribution in [0.25, 0.3) is 0 Å². The van der Waals surface area contributed by atoms with Gasteiger partial charge in [0.25, 0.3) is 0 Å². The highest BCUT2D eigenvalue weighted by Gasteiger charge is 2.07. The van der Waals surface area contributed by atoms with Crippen molar-refractivity contribution in [2.45, 2.75) is 13.1 Å². The number of nitrogens with two attached hydrogens (primary N) is 1. The summed E-state index contributed by atoms with van der Waals surface area (Å²) in [4.78, 5) is 14.0. The first kappa shape index (κ1) is 15.2. The van der Waals surface area contributed by atoms with Crippen LogP contribution in [0.3, 0.4) is 0 Å². The summed E-state index contributed by atoms with van der Waals surface area (Å²) in [6.45, 7) is 1.61. The highest BCUT2D eigenvalue weighted by atomic mass is 16.2. The van der Waals surface area contributed by atoms with E-state index in [1.165, 1.54) is 5.56 Å². The summed E-state index contributed by atoms with van der Waals surface area (Å²) < 4.78 is 0. The van der Waals surface area contributed by atoms with Gasteiger partial charge in [-0.2, -0.15) is 0 Å². The first-order chi connectivity index (χ1) is 10.2. The average molecular weight is 283 g/mol. The van der Waals surface area contributed by atoms with Crippen LogP contribution in [0, 0.1) is 0 Å². The van der Waals surface area contributed by atoms with Gasteiger partial charge in [-0.1, -0.05) is 42.5 Å². The summed E-state index contributed by atoms with van der Waals surface area (Å²) in [5.41, 5.74) is 8.59. The van der Waals surface area contributed by atoms with E-state index in [0.717, 1.165) is 17.8 Å². The molecule has 0 unspecified atom stereocenters. The van der Waals surface area contributed by atoms with Crippen molar-refractivity contribution in [2.24, 2.45) is 5.73 Å². The van der Waals surface area contributed by atoms with Crippen molar-refractivity contribution in [3.05, 3.63) is 65.7 Å². The number of amides is 1. The van der Waals surface area contributed by atoms with Crippen molar-refractivity contribution in [2.75, 3.05) is 18.9 Å². The Hall–Kier alpha value is -2.17. The summed E-state index contributed by atoms with van der Waals surface area (Å²) in [6, 6.07) is 17.7. The summed E-state index contributed by atoms with van der Waals surface area (Å²) in [5, 5.41) is 2.89. The van der Waals surface area contributed by atoms with Crippen molar-refractivity contribution in [3.63, 3.8) is 0 Å². The number of rotatable bonds is 6. The van der Waals surface area contributed by atoms with Crippen molar-refractivity contribution < 1.29 is 4.79 Å². The van der Waals surface area contributed by atoms with Crippen LogP contribution < -0.4 is 11.1 Å². The van der Waals surface area contributed by atoms with E-state index in [9.17, 15) is 4.79 Å². The third kappa shape index (κ3) is 5.02. The normalized spacial score (nSPS) is 10.6. The summed E-state index contributed by atoms with van der Waals surface area (Å²) in [6.07, 6.45) is 0. The maximum atomic E-state index is 12.0. The molecule has 21 heavy (non-hydrogen) atoms. The van der Waals surface area contributed by atoms with E-state index < -0.39 is 0 Å². The van der Waals surface area contributed by atoms with E-state index in [4.69, 9.17) is 5.73 Å². The van der Waals surface area contributed by atoms with Crippen molar-refractivity contribution in [1.82, 2.24) is 4.90 Å². The maximum Gasteiger partial charge on any atom is 0.238 e. The summed E-state index contributed by atoms with van der Waals surface area (Å²) >= 11 is 0. The van der Waals surface area contributed by atoms with Gasteiger partial charge in [0.2, 0.25) is 5.91 Å². The predicted molar refractivity (Wildman–Crippen MR) is 85.7 cm³/mol. The van der Waals surface area contributed by atoms with Gasteiger partial charge >= 0.3 is 0 Å². The van der Waals surface area contributed by atoms with Gasteiger partial charge < -0.3 is 11.1 Å². The van der Waals surface area contributed by atoms with Crippen LogP contribution in [0.1, 0.15) is 11.1 Å². The van der Waals surface area contributed by atoms with Gasteiger partial charge in [0, 0.05) is 18.8 Å². The van der Waals surface area contributed by atoms with E-state index in [-0.39, 0.29) is 5.91 Å². The molecule has 4 heteroatoms. The maximum absolute atomic E-state index is 12.0. The van der Waals surface area contributed by atoms with E-state index in [0.29, 0.717) is 13.1 Å². The zero-order valence-corrected chi connectivity index (χ0v) is 12.3. The first-order valence-electron chi connectivity index (χ1n) is 6.98. The van der Waals surface area contributed by atoms with E-state index in [2.05, 4.69) is 17.4 Å². The minimum Gasteiger partial charge on any atom is -0.326 e. The lowest BCUT2D eigenvalue weighted by Gasteiger charge is -2.16. The number of carbonyl (C=O) groups excluding carboxylic acids is 1. The van der Waals surface area contributed by atoms with Crippen LogP contribution in [0.2, 0.25) is 0 Å². The Morgan fingerprint density at radius 2 is 1.71 bits per heavy atom. The van der Waals surface area contributed by atoms with E-state index in [1.54, 1.807) is 0 Å². The molecule has 0 spiro atoms. The van der Waals surface area contributed by atoms with Crippen LogP contribution in [0.4, 0.5) is 5.69 Å². The molecule has 0 aromatic heterocycles. The zero-order valence-electron chi connectivity index (χ0n) is 12.3. The number of hydrogen-bond donors (Lipinski definition) is 2. The molecule has 0 saturated heterocycles. The number of anilines is 1. The third-order valence-corrected chi connectivity index (χ3v) is 3.18. The molecule has 0 heterocycles. The van der Waals surface area contributed by atoms with Crippen LogP contribution in [0.5, 0.6) is 0 Å². The Morgan fingerprint density at radius 1 is 1.05 bits per heavy atom. The Morgan fingerprint density at radius 3 is 2.33 bits per heavy atom. The lowest BCUT2D eigenvalue weighted by Crippen LogP contribution is -2.29. The largest absolute Gasteiger partial charge is 0.326 e. The average Bonchev–Trinajstić information content (AvgIpc) is 2.48. The fourth-order valence-corrected chi connectivity index (χ4v) is 2.12. The molecule has 0 saturated carbocycles. The second-order valence-corrected chi connectivity index (χ2v) is 5.11. The van der Waals surface area contributed by atoms with Gasteiger partial charge in [-0.05, 0) is 30.3 Å². The van der Waals surface area contributed by atoms with Gasteiger partial charge in [0.15, 0.2) is 0 Å². The number of likely N-dealkylation sites (N-methyl/N-ethyl adjacent to an activating group) is 1. The molecule has 2 rings (SSSR count). The lowest BCUT2D eigenvalue weighted by molar-refractivity contribution is -0.117.